The van der Waals surface area contributed by atoms with Gasteiger partial charge in [0.25, 0.3) is 0 Å². The Balaban J connectivity index is 1.33. The number of halogens is 2. The molecule has 1 amide bonds. The Labute approximate surface area is 307 Å². The van der Waals surface area contributed by atoms with E-state index in [1.807, 2.05) is 4.90 Å². The number of anilines is 3. The van der Waals surface area contributed by atoms with Gasteiger partial charge in [-0.1, -0.05) is 6.07 Å². The summed E-state index contributed by atoms with van der Waals surface area (Å²) in [6.45, 7) is 11.3. The maximum absolute atomic E-state index is 13.5. The molecule has 0 saturated heterocycles. The summed E-state index contributed by atoms with van der Waals surface area (Å²) in [5.74, 6) is 0.681. The third kappa shape index (κ3) is 13.3. The lowest BCUT2D eigenvalue weighted by atomic mass is 10.2. The Morgan fingerprint density at radius 2 is 1.71 bits per heavy atom. The van der Waals surface area contributed by atoms with Crippen LogP contribution in [-0.4, -0.2) is 83.6 Å². The minimum Gasteiger partial charge on any atom is -0.493 e. The molecule has 0 atom stereocenters. The SMILES string of the molecule is COc1cc2c(Nc3ncc(CC(=O)Nc4cccc(F)c4)s3)ncnc2cc1OCCCN(CCF)CCOP(=O)(OC(C)(C)C)OC(C)(C)C. The molecule has 0 saturated carbocycles. The number of amides is 1. The molecule has 2 heterocycles. The number of phosphoric ester groups is 1. The lowest BCUT2D eigenvalue weighted by Crippen LogP contribution is -2.32. The molecule has 4 rings (SSSR count). The van der Waals surface area contributed by atoms with Gasteiger partial charge in [0.2, 0.25) is 5.91 Å². The van der Waals surface area contributed by atoms with E-state index in [0.717, 1.165) is 0 Å². The summed E-state index contributed by atoms with van der Waals surface area (Å²) < 4.78 is 68.8. The number of methoxy groups -OCH3 is 1. The summed E-state index contributed by atoms with van der Waals surface area (Å²) in [4.78, 5) is 28.2. The zero-order chi connectivity index (χ0) is 37.9. The van der Waals surface area contributed by atoms with Gasteiger partial charge in [0.05, 0.1) is 43.5 Å². The van der Waals surface area contributed by atoms with Crippen molar-refractivity contribution in [2.75, 3.05) is 57.3 Å². The Hall–Kier alpha value is -3.79. The number of aromatic nitrogens is 3. The van der Waals surface area contributed by atoms with E-state index in [1.54, 1.807) is 65.9 Å². The van der Waals surface area contributed by atoms with Gasteiger partial charge >= 0.3 is 7.82 Å². The molecule has 52 heavy (non-hydrogen) atoms. The zero-order valence-electron chi connectivity index (χ0n) is 30.5. The average Bonchev–Trinajstić information content (AvgIpc) is 3.47. The lowest BCUT2D eigenvalue weighted by molar-refractivity contribution is -0.115. The molecule has 2 aromatic heterocycles. The molecule has 0 fully saturated rings. The quantitative estimate of drug-likeness (QED) is 0.0706. The van der Waals surface area contributed by atoms with Gasteiger partial charge in [-0.25, -0.2) is 28.3 Å². The molecule has 4 aromatic rings. The van der Waals surface area contributed by atoms with E-state index in [9.17, 15) is 18.1 Å². The van der Waals surface area contributed by atoms with Crippen molar-refractivity contribution >= 4 is 52.6 Å². The van der Waals surface area contributed by atoms with Crippen molar-refractivity contribution in [1.29, 1.82) is 0 Å². The van der Waals surface area contributed by atoms with Gasteiger partial charge in [-0.05, 0) is 72.2 Å². The van der Waals surface area contributed by atoms with Gasteiger partial charge in [-0.2, -0.15) is 0 Å². The van der Waals surface area contributed by atoms with E-state index < -0.39 is 31.5 Å². The first-order chi connectivity index (χ1) is 24.5. The predicted molar refractivity (Wildman–Crippen MR) is 198 cm³/mol. The van der Waals surface area contributed by atoms with Crippen LogP contribution in [0.15, 0.2) is 48.9 Å². The van der Waals surface area contributed by atoms with Crippen LogP contribution >= 0.6 is 19.2 Å². The molecule has 0 radical (unpaired) electrons. The van der Waals surface area contributed by atoms with Crippen molar-refractivity contribution in [2.45, 2.75) is 65.6 Å². The van der Waals surface area contributed by atoms with Crippen molar-refractivity contribution in [2.24, 2.45) is 0 Å². The second-order valence-electron chi connectivity index (χ2n) is 13.7. The van der Waals surface area contributed by atoms with Crippen LogP contribution in [-0.2, 0) is 29.4 Å². The molecule has 0 bridgehead atoms. The number of carbonyl (C=O) groups excluding carboxylic acids is 1. The average molecular weight is 765 g/mol. The first-order valence-electron chi connectivity index (χ1n) is 16.7. The number of alkyl halides is 1. The van der Waals surface area contributed by atoms with Crippen LogP contribution in [0.2, 0.25) is 0 Å². The Kier molecular flexibility index (Phi) is 14.4. The lowest BCUT2D eigenvalue weighted by Gasteiger charge is -2.31. The van der Waals surface area contributed by atoms with Crippen LogP contribution in [0.1, 0.15) is 52.8 Å². The fraction of sp³-hybridized carbons (Fsp3) is 0.486. The maximum Gasteiger partial charge on any atom is 0.475 e. The molecular weight excluding hydrogens is 717 g/mol. The number of nitrogens with one attached hydrogen (secondary N) is 2. The molecule has 0 aliphatic carbocycles. The number of rotatable bonds is 19. The minimum absolute atomic E-state index is 0.0209. The van der Waals surface area contributed by atoms with Gasteiger partial charge in [0.15, 0.2) is 16.6 Å². The van der Waals surface area contributed by atoms with E-state index in [1.165, 1.54) is 43.0 Å². The number of benzene rings is 2. The molecule has 0 unspecified atom stereocenters. The molecule has 0 spiro atoms. The third-order valence-corrected chi connectivity index (χ3v) is 9.80. The highest BCUT2D eigenvalue weighted by Crippen LogP contribution is 2.55. The van der Waals surface area contributed by atoms with Gasteiger partial charge in [-0.15, -0.1) is 11.3 Å². The summed E-state index contributed by atoms with van der Waals surface area (Å²) in [5, 5.41) is 7.04. The molecule has 17 heteroatoms. The minimum atomic E-state index is -3.88. The summed E-state index contributed by atoms with van der Waals surface area (Å²) in [6.07, 6.45) is 3.63. The van der Waals surface area contributed by atoms with E-state index in [-0.39, 0.29) is 25.5 Å². The molecule has 0 aliphatic rings. The third-order valence-electron chi connectivity index (χ3n) is 6.85. The fourth-order valence-corrected chi connectivity index (χ4v) is 7.46. The van der Waals surface area contributed by atoms with Crippen molar-refractivity contribution in [1.82, 2.24) is 19.9 Å². The second kappa shape index (κ2) is 18.3. The highest BCUT2D eigenvalue weighted by atomic mass is 32.1. The fourth-order valence-electron chi connectivity index (χ4n) is 4.86. The van der Waals surface area contributed by atoms with Crippen LogP contribution in [0.25, 0.3) is 10.9 Å². The second-order valence-corrected chi connectivity index (χ2v) is 16.3. The number of fused-ring (bicyclic) bond motifs is 1. The Bertz CT molecular complexity index is 1820. The summed E-state index contributed by atoms with van der Waals surface area (Å²) in [6, 6.07) is 9.21. The van der Waals surface area contributed by atoms with Crippen molar-refractivity contribution < 1.29 is 41.2 Å². The van der Waals surface area contributed by atoms with Gasteiger partial charge in [0.1, 0.15) is 24.6 Å². The highest BCUT2D eigenvalue weighted by molar-refractivity contribution is 7.48. The van der Waals surface area contributed by atoms with Crippen LogP contribution in [0.3, 0.4) is 0 Å². The van der Waals surface area contributed by atoms with Gasteiger partial charge in [0, 0.05) is 47.8 Å². The standard InChI is InChI=1S/C35H47F2N6O7PS/c1-34(2,3)49-51(45,50-35(4,5)6)48-17-15-43(14-12-36)13-9-16-47-30-21-28-27(20-29(30)46-7)32(40-23-39-28)42-33-38-22-26(52-33)19-31(44)41-25-11-8-10-24(37)18-25/h8,10-11,18,20-23H,9,12-17,19H2,1-7H3,(H,41,44)(H,38,39,40,42). The van der Waals surface area contributed by atoms with Crippen LogP contribution in [0.4, 0.5) is 25.4 Å². The van der Waals surface area contributed by atoms with E-state index in [2.05, 4.69) is 25.6 Å². The first-order valence-corrected chi connectivity index (χ1v) is 19.0. The van der Waals surface area contributed by atoms with Crippen molar-refractivity contribution in [3.8, 4) is 11.5 Å². The number of hydrogen-bond donors (Lipinski definition) is 2. The zero-order valence-corrected chi connectivity index (χ0v) is 32.2. The smallest absolute Gasteiger partial charge is 0.475 e. The van der Waals surface area contributed by atoms with E-state index >= 15 is 0 Å². The maximum atomic E-state index is 13.5. The molecule has 2 aromatic carbocycles. The van der Waals surface area contributed by atoms with Crippen molar-refractivity contribution in [3.05, 3.63) is 59.6 Å². The van der Waals surface area contributed by atoms with Crippen LogP contribution in [0, 0.1) is 5.82 Å². The highest BCUT2D eigenvalue weighted by Gasteiger charge is 2.37. The largest absolute Gasteiger partial charge is 0.493 e. The first kappa shape index (κ1) is 41.0. The van der Waals surface area contributed by atoms with Gasteiger partial charge in [-0.3, -0.25) is 23.3 Å². The number of nitrogens with zero attached hydrogens (tertiary/aromatic N) is 4. The molecule has 0 aliphatic heterocycles. The molecule has 284 valence electrons. The van der Waals surface area contributed by atoms with Gasteiger partial charge < -0.3 is 20.1 Å². The van der Waals surface area contributed by atoms with E-state index in [0.29, 0.717) is 70.0 Å². The number of ether oxygens (including phenoxy) is 2. The number of thiazole rings is 1. The Morgan fingerprint density at radius 3 is 2.38 bits per heavy atom. The monoisotopic (exact) mass is 764 g/mol. The molecule has 2 N–H and O–H groups in total. The summed E-state index contributed by atoms with van der Waals surface area (Å²) >= 11 is 1.29. The molecule has 13 nitrogen and oxygen atoms in total. The van der Waals surface area contributed by atoms with Crippen LogP contribution in [0.5, 0.6) is 11.5 Å². The van der Waals surface area contributed by atoms with E-state index in [4.69, 9.17) is 23.0 Å². The number of phosphoric acid groups is 1. The van der Waals surface area contributed by atoms with Crippen LogP contribution < -0.4 is 20.1 Å². The number of carbonyl (C=O) groups is 1. The number of hydrogen-bond acceptors (Lipinski definition) is 13. The summed E-state index contributed by atoms with van der Waals surface area (Å²) in [7, 11) is -2.35. The predicted octanol–water partition coefficient (Wildman–Crippen LogP) is 7.95. The summed E-state index contributed by atoms with van der Waals surface area (Å²) in [5.41, 5.74) is -0.550. The topological polar surface area (TPSA) is 146 Å². The Morgan fingerprint density at radius 1 is 0.962 bits per heavy atom. The molecular formula is C35H47F2N6O7PS. The van der Waals surface area contributed by atoms with Crippen molar-refractivity contribution in [3.63, 3.8) is 0 Å². The normalized spacial score (nSPS) is 12.3.